The van der Waals surface area contributed by atoms with Crippen molar-refractivity contribution in [1.82, 2.24) is 20.4 Å². The van der Waals surface area contributed by atoms with E-state index in [1.807, 2.05) is 7.05 Å². The van der Waals surface area contributed by atoms with Crippen molar-refractivity contribution in [1.29, 1.82) is 0 Å². The van der Waals surface area contributed by atoms with Gasteiger partial charge in [-0.25, -0.2) is 0 Å². The summed E-state index contributed by atoms with van der Waals surface area (Å²) in [5.41, 5.74) is 0. The lowest BCUT2D eigenvalue weighted by Crippen LogP contribution is -2.48. The molecule has 2 rings (SSSR count). The second-order valence-corrected chi connectivity index (χ2v) is 7.22. The molecule has 1 heterocycles. The second kappa shape index (κ2) is 9.48. The lowest BCUT2D eigenvalue weighted by molar-refractivity contribution is 0.147. The molecule has 1 aliphatic heterocycles. The van der Waals surface area contributed by atoms with Crippen molar-refractivity contribution in [2.24, 2.45) is 4.99 Å². The fourth-order valence-corrected chi connectivity index (χ4v) is 3.59. The van der Waals surface area contributed by atoms with Crippen molar-refractivity contribution in [3.8, 4) is 0 Å². The maximum absolute atomic E-state index is 4.36. The van der Waals surface area contributed by atoms with E-state index in [-0.39, 0.29) is 0 Å². The predicted octanol–water partition coefficient (Wildman–Crippen LogP) is 1.90. The van der Waals surface area contributed by atoms with Gasteiger partial charge in [-0.15, -0.1) is 0 Å². The molecule has 134 valence electrons. The zero-order valence-electron chi connectivity index (χ0n) is 15.6. The number of likely N-dealkylation sites (tertiary alicyclic amines) is 1. The van der Waals surface area contributed by atoms with Gasteiger partial charge in [-0.1, -0.05) is 13.3 Å². The van der Waals surface area contributed by atoms with Crippen molar-refractivity contribution < 1.29 is 0 Å². The van der Waals surface area contributed by atoms with Crippen LogP contribution < -0.4 is 10.6 Å². The van der Waals surface area contributed by atoms with Crippen LogP contribution in [0.1, 0.15) is 52.4 Å². The first kappa shape index (κ1) is 18.5. The van der Waals surface area contributed by atoms with Crippen LogP contribution in [-0.2, 0) is 0 Å². The number of guanidine groups is 1. The molecule has 2 aliphatic rings. The molecule has 5 heteroatoms. The van der Waals surface area contributed by atoms with E-state index >= 15 is 0 Å². The van der Waals surface area contributed by atoms with E-state index in [4.69, 9.17) is 0 Å². The van der Waals surface area contributed by atoms with Gasteiger partial charge in [0.25, 0.3) is 0 Å². The summed E-state index contributed by atoms with van der Waals surface area (Å²) in [4.78, 5) is 9.49. The minimum Gasteiger partial charge on any atom is -0.355 e. The van der Waals surface area contributed by atoms with Gasteiger partial charge in [0.15, 0.2) is 5.96 Å². The molecule has 0 bridgehead atoms. The molecule has 0 aromatic heterocycles. The summed E-state index contributed by atoms with van der Waals surface area (Å²) in [6.45, 7) is 8.91. The third-order valence-corrected chi connectivity index (χ3v) is 5.52. The SMILES string of the molecule is CCC1CCCCN1CCNC(=NC)NCC(C)N(C)C1CC1. The Hall–Kier alpha value is -0.810. The zero-order chi connectivity index (χ0) is 16.7. The summed E-state index contributed by atoms with van der Waals surface area (Å²) < 4.78 is 0. The van der Waals surface area contributed by atoms with Crippen molar-refractivity contribution >= 4 is 5.96 Å². The van der Waals surface area contributed by atoms with Crippen molar-refractivity contribution in [2.45, 2.75) is 70.5 Å². The number of nitrogens with zero attached hydrogens (tertiary/aromatic N) is 3. The molecule has 5 nitrogen and oxygen atoms in total. The fraction of sp³-hybridized carbons (Fsp3) is 0.944. The Morgan fingerprint density at radius 3 is 2.70 bits per heavy atom. The molecule has 23 heavy (non-hydrogen) atoms. The Labute approximate surface area is 142 Å². The van der Waals surface area contributed by atoms with Crippen LogP contribution in [0, 0.1) is 0 Å². The smallest absolute Gasteiger partial charge is 0.191 e. The first-order valence-corrected chi connectivity index (χ1v) is 9.56. The molecule has 1 saturated heterocycles. The molecule has 0 aromatic carbocycles. The second-order valence-electron chi connectivity index (χ2n) is 7.22. The minimum atomic E-state index is 0.549. The summed E-state index contributed by atoms with van der Waals surface area (Å²) in [7, 11) is 4.10. The molecule has 2 fully saturated rings. The van der Waals surface area contributed by atoms with E-state index in [1.54, 1.807) is 0 Å². The maximum atomic E-state index is 4.36. The van der Waals surface area contributed by atoms with Gasteiger partial charge >= 0.3 is 0 Å². The van der Waals surface area contributed by atoms with E-state index in [1.165, 1.54) is 45.1 Å². The van der Waals surface area contributed by atoms with E-state index in [9.17, 15) is 0 Å². The first-order valence-electron chi connectivity index (χ1n) is 9.56. The fourth-order valence-electron chi connectivity index (χ4n) is 3.59. The largest absolute Gasteiger partial charge is 0.355 e. The summed E-state index contributed by atoms with van der Waals surface area (Å²) in [6, 6.07) is 2.15. The number of aliphatic imine (C=N–C) groups is 1. The number of likely N-dealkylation sites (N-methyl/N-ethyl adjacent to an activating group) is 1. The van der Waals surface area contributed by atoms with Gasteiger partial charge < -0.3 is 10.6 Å². The van der Waals surface area contributed by atoms with Crippen LogP contribution in [0.25, 0.3) is 0 Å². The molecule has 1 aliphatic carbocycles. The number of hydrogen-bond donors (Lipinski definition) is 2. The van der Waals surface area contributed by atoms with Gasteiger partial charge in [0, 0.05) is 44.8 Å². The van der Waals surface area contributed by atoms with Gasteiger partial charge in [0.2, 0.25) is 0 Å². The van der Waals surface area contributed by atoms with Crippen molar-refractivity contribution in [3.05, 3.63) is 0 Å². The highest BCUT2D eigenvalue weighted by Gasteiger charge is 2.29. The summed E-state index contributed by atoms with van der Waals surface area (Å²) in [5.74, 6) is 0.936. The summed E-state index contributed by atoms with van der Waals surface area (Å²) in [6.07, 6.45) is 8.13. The topological polar surface area (TPSA) is 42.9 Å². The first-order chi connectivity index (χ1) is 11.2. The van der Waals surface area contributed by atoms with Gasteiger partial charge in [-0.3, -0.25) is 14.8 Å². The number of hydrogen-bond acceptors (Lipinski definition) is 3. The van der Waals surface area contributed by atoms with Crippen LogP contribution >= 0.6 is 0 Å². The molecule has 0 amide bonds. The summed E-state index contributed by atoms with van der Waals surface area (Å²) >= 11 is 0. The van der Waals surface area contributed by atoms with Gasteiger partial charge in [-0.2, -0.15) is 0 Å². The average molecular weight is 324 g/mol. The van der Waals surface area contributed by atoms with Crippen LogP contribution in [0.4, 0.5) is 0 Å². The molecule has 2 unspecified atom stereocenters. The van der Waals surface area contributed by atoms with E-state index in [0.717, 1.165) is 37.7 Å². The maximum Gasteiger partial charge on any atom is 0.191 e. The van der Waals surface area contributed by atoms with Crippen LogP contribution in [-0.4, -0.2) is 74.2 Å². The highest BCUT2D eigenvalue weighted by Crippen LogP contribution is 2.26. The predicted molar refractivity (Wildman–Crippen MR) is 99.1 cm³/mol. The Balaban J connectivity index is 1.64. The van der Waals surface area contributed by atoms with Crippen molar-refractivity contribution in [3.63, 3.8) is 0 Å². The highest BCUT2D eigenvalue weighted by molar-refractivity contribution is 5.79. The number of nitrogens with one attached hydrogen (secondary N) is 2. The molecule has 2 N–H and O–H groups in total. The van der Waals surface area contributed by atoms with Crippen LogP contribution in [0.15, 0.2) is 4.99 Å². The Kier molecular flexibility index (Phi) is 7.63. The van der Waals surface area contributed by atoms with Crippen LogP contribution in [0.2, 0.25) is 0 Å². The Morgan fingerprint density at radius 1 is 1.26 bits per heavy atom. The monoisotopic (exact) mass is 323 g/mol. The lowest BCUT2D eigenvalue weighted by Gasteiger charge is -2.35. The summed E-state index contributed by atoms with van der Waals surface area (Å²) in [5, 5.41) is 6.95. The zero-order valence-corrected chi connectivity index (χ0v) is 15.6. The quantitative estimate of drug-likeness (QED) is 0.529. The molecule has 2 atom stereocenters. The Morgan fingerprint density at radius 2 is 2.04 bits per heavy atom. The van der Waals surface area contributed by atoms with Crippen LogP contribution in [0.5, 0.6) is 0 Å². The molecule has 1 saturated carbocycles. The third-order valence-electron chi connectivity index (χ3n) is 5.52. The minimum absolute atomic E-state index is 0.549. The normalized spacial score (nSPS) is 24.7. The number of piperidine rings is 1. The van der Waals surface area contributed by atoms with Gasteiger partial charge in [0.05, 0.1) is 0 Å². The Bertz CT molecular complexity index is 366. The van der Waals surface area contributed by atoms with Crippen LogP contribution in [0.3, 0.4) is 0 Å². The van der Waals surface area contributed by atoms with Gasteiger partial charge in [0.1, 0.15) is 0 Å². The lowest BCUT2D eigenvalue weighted by atomic mass is 10.0. The standard InChI is InChI=1S/C18H37N5/c1-5-16-8-6-7-12-23(16)13-11-20-18(19-3)21-14-15(2)22(4)17-9-10-17/h15-17H,5-14H2,1-4H3,(H2,19,20,21). The third kappa shape index (κ3) is 5.96. The molecule has 0 aromatic rings. The van der Waals surface area contributed by atoms with Crippen molar-refractivity contribution in [2.75, 3.05) is 40.3 Å². The highest BCUT2D eigenvalue weighted by atomic mass is 15.2. The van der Waals surface area contributed by atoms with E-state index < -0.39 is 0 Å². The molecule has 0 radical (unpaired) electrons. The van der Waals surface area contributed by atoms with Gasteiger partial charge in [-0.05, 0) is 52.6 Å². The molecular formula is C18H37N5. The average Bonchev–Trinajstić information content (AvgIpc) is 3.42. The molecular weight excluding hydrogens is 286 g/mol. The van der Waals surface area contributed by atoms with E-state index in [2.05, 4.69) is 46.3 Å². The number of rotatable bonds is 8. The molecule has 0 spiro atoms. The van der Waals surface area contributed by atoms with E-state index in [0.29, 0.717) is 6.04 Å².